The number of methoxy groups -OCH3 is 1. The molecule has 5 heteroatoms. The Hall–Kier alpha value is -1.37. The molecule has 1 aromatic carbocycles. The van der Waals surface area contributed by atoms with Crippen molar-refractivity contribution in [1.82, 2.24) is 4.90 Å². The third kappa shape index (κ3) is 2.84. The first-order chi connectivity index (χ1) is 10.1. The molecule has 1 amide bonds. The predicted octanol–water partition coefficient (Wildman–Crippen LogP) is 3.02. The number of rotatable bonds is 4. The lowest BCUT2D eigenvalue weighted by molar-refractivity contribution is -0.152. The highest BCUT2D eigenvalue weighted by Crippen LogP contribution is 2.35. The fourth-order valence-electron chi connectivity index (χ4n) is 2.89. The van der Waals surface area contributed by atoms with Crippen LogP contribution in [0, 0.1) is 3.57 Å². The fraction of sp³-hybridized carbons (Fsp3) is 0.375. The van der Waals surface area contributed by atoms with Crippen molar-refractivity contribution in [2.24, 2.45) is 0 Å². The Balaban J connectivity index is 2.41. The zero-order chi connectivity index (χ0) is 15.5. The smallest absolute Gasteiger partial charge is 0.332 e. The normalized spacial score (nSPS) is 21.1. The first-order valence-corrected chi connectivity index (χ1v) is 7.90. The van der Waals surface area contributed by atoms with Gasteiger partial charge in [0.1, 0.15) is 5.54 Å². The first-order valence-electron chi connectivity index (χ1n) is 6.82. The van der Waals surface area contributed by atoms with E-state index < -0.39 is 5.54 Å². The van der Waals surface area contributed by atoms with Crippen LogP contribution in [-0.2, 0) is 9.53 Å². The predicted molar refractivity (Wildman–Crippen MR) is 89.0 cm³/mol. The molecule has 1 aliphatic heterocycles. The summed E-state index contributed by atoms with van der Waals surface area (Å²) in [5.41, 5.74) is -0.288. The Bertz CT molecular complexity index is 572. The molecule has 0 saturated carbocycles. The molecule has 0 N–H and O–H groups in total. The van der Waals surface area contributed by atoms with Crippen molar-refractivity contribution in [3.63, 3.8) is 0 Å². The number of likely N-dealkylation sites (tertiary alicyclic amines) is 1. The summed E-state index contributed by atoms with van der Waals surface area (Å²) in [4.78, 5) is 26.8. The minimum absolute atomic E-state index is 0.121. The lowest BCUT2D eigenvalue weighted by Crippen LogP contribution is -2.53. The van der Waals surface area contributed by atoms with Crippen molar-refractivity contribution in [2.45, 2.75) is 24.8 Å². The maximum Gasteiger partial charge on any atom is 0.332 e. The molecule has 0 aromatic heterocycles. The van der Waals surface area contributed by atoms with E-state index in [0.29, 0.717) is 24.9 Å². The number of esters is 1. The van der Waals surface area contributed by atoms with Gasteiger partial charge in [-0.15, -0.1) is 6.58 Å². The van der Waals surface area contributed by atoms with E-state index >= 15 is 0 Å². The van der Waals surface area contributed by atoms with Crippen LogP contribution in [0.3, 0.4) is 0 Å². The Labute approximate surface area is 138 Å². The number of ether oxygens (including phenoxy) is 1. The van der Waals surface area contributed by atoms with Crippen molar-refractivity contribution >= 4 is 34.5 Å². The van der Waals surface area contributed by atoms with Crippen LogP contribution < -0.4 is 0 Å². The summed E-state index contributed by atoms with van der Waals surface area (Å²) in [6.07, 6.45) is 3.49. The highest BCUT2D eigenvalue weighted by atomic mass is 127. The second-order valence-corrected chi connectivity index (χ2v) is 6.22. The molecule has 0 radical (unpaired) electrons. The summed E-state index contributed by atoms with van der Waals surface area (Å²) in [6, 6.07) is 7.40. The summed E-state index contributed by atoms with van der Waals surface area (Å²) in [7, 11) is 1.36. The van der Waals surface area contributed by atoms with Crippen LogP contribution in [0.15, 0.2) is 36.9 Å². The molecule has 1 saturated heterocycles. The van der Waals surface area contributed by atoms with Gasteiger partial charge in [0, 0.05) is 10.1 Å². The van der Waals surface area contributed by atoms with E-state index in [4.69, 9.17) is 4.74 Å². The van der Waals surface area contributed by atoms with Gasteiger partial charge >= 0.3 is 5.97 Å². The maximum absolute atomic E-state index is 12.9. The average molecular weight is 399 g/mol. The second-order valence-electron chi connectivity index (χ2n) is 5.06. The monoisotopic (exact) mass is 399 g/mol. The highest BCUT2D eigenvalue weighted by molar-refractivity contribution is 14.1. The van der Waals surface area contributed by atoms with Gasteiger partial charge in [0.2, 0.25) is 0 Å². The minimum Gasteiger partial charge on any atom is -0.467 e. The molecule has 2 rings (SSSR count). The van der Waals surface area contributed by atoms with Gasteiger partial charge in [-0.2, -0.15) is 0 Å². The van der Waals surface area contributed by atoms with Crippen molar-refractivity contribution in [3.05, 3.63) is 46.1 Å². The van der Waals surface area contributed by atoms with E-state index in [1.807, 2.05) is 18.2 Å². The zero-order valence-electron chi connectivity index (χ0n) is 12.0. The van der Waals surface area contributed by atoms with E-state index in [1.165, 1.54) is 7.11 Å². The molecule has 1 atom stereocenters. The third-order valence-electron chi connectivity index (χ3n) is 3.89. The van der Waals surface area contributed by atoms with Gasteiger partial charge in [-0.05, 0) is 54.0 Å². The Kier molecular flexibility index (Phi) is 5.03. The van der Waals surface area contributed by atoms with Gasteiger partial charge in [0.15, 0.2) is 0 Å². The molecule has 112 valence electrons. The summed E-state index contributed by atoms with van der Waals surface area (Å²) < 4.78 is 5.83. The van der Waals surface area contributed by atoms with Gasteiger partial charge < -0.3 is 9.64 Å². The summed E-state index contributed by atoms with van der Waals surface area (Å²) in [6.45, 7) is 4.28. The number of hydrogen-bond donors (Lipinski definition) is 0. The summed E-state index contributed by atoms with van der Waals surface area (Å²) in [5.74, 6) is -0.482. The third-order valence-corrected chi connectivity index (χ3v) is 4.83. The quantitative estimate of drug-likeness (QED) is 0.444. The zero-order valence-corrected chi connectivity index (χ0v) is 14.1. The molecule has 1 fully saturated rings. The number of carbonyl (C=O) groups is 2. The number of amides is 1. The molecule has 1 aliphatic rings. The molecule has 1 heterocycles. The van der Waals surface area contributed by atoms with Crippen molar-refractivity contribution in [1.29, 1.82) is 0 Å². The SMILES string of the molecule is C=CCC1(C(=O)OC)CCCN1C(=O)c1ccccc1I. The van der Waals surface area contributed by atoms with Crippen LogP contribution in [0.5, 0.6) is 0 Å². The van der Waals surface area contributed by atoms with Gasteiger partial charge in [-0.1, -0.05) is 18.2 Å². The van der Waals surface area contributed by atoms with E-state index in [1.54, 1.807) is 17.0 Å². The molecule has 4 nitrogen and oxygen atoms in total. The molecule has 0 bridgehead atoms. The Morgan fingerprint density at radius 3 is 2.81 bits per heavy atom. The number of hydrogen-bond acceptors (Lipinski definition) is 3. The van der Waals surface area contributed by atoms with Gasteiger partial charge in [-0.3, -0.25) is 4.79 Å². The van der Waals surface area contributed by atoms with Crippen molar-refractivity contribution < 1.29 is 14.3 Å². The lowest BCUT2D eigenvalue weighted by Gasteiger charge is -2.35. The van der Waals surface area contributed by atoms with Crippen LogP contribution in [0.1, 0.15) is 29.6 Å². The van der Waals surface area contributed by atoms with E-state index in [0.717, 1.165) is 9.99 Å². The van der Waals surface area contributed by atoms with E-state index in [2.05, 4.69) is 29.2 Å². The summed E-state index contributed by atoms with van der Waals surface area (Å²) in [5, 5.41) is 0. The van der Waals surface area contributed by atoms with Crippen molar-refractivity contribution in [2.75, 3.05) is 13.7 Å². The minimum atomic E-state index is -0.910. The molecule has 1 aromatic rings. The van der Waals surface area contributed by atoms with E-state index in [9.17, 15) is 9.59 Å². The van der Waals surface area contributed by atoms with Crippen LogP contribution in [-0.4, -0.2) is 36.0 Å². The molecule has 1 unspecified atom stereocenters. The maximum atomic E-state index is 12.9. The topological polar surface area (TPSA) is 46.6 Å². The number of carbonyl (C=O) groups excluding carboxylic acids is 2. The molecular formula is C16H18INO3. The Morgan fingerprint density at radius 1 is 1.48 bits per heavy atom. The molecule has 0 spiro atoms. The number of benzene rings is 1. The average Bonchev–Trinajstić information content (AvgIpc) is 2.91. The summed E-state index contributed by atoms with van der Waals surface area (Å²) >= 11 is 2.14. The standard InChI is InChI=1S/C16H18INO3/c1-3-9-16(15(20)21-2)10-6-11-18(16)14(19)12-7-4-5-8-13(12)17/h3-5,7-8H,1,6,9-11H2,2H3. The number of halogens is 1. The van der Waals surface area contributed by atoms with Crippen LogP contribution in [0.25, 0.3) is 0 Å². The molecular weight excluding hydrogens is 381 g/mol. The van der Waals surface area contributed by atoms with Crippen molar-refractivity contribution in [3.8, 4) is 0 Å². The van der Waals surface area contributed by atoms with E-state index in [-0.39, 0.29) is 11.9 Å². The molecule has 0 aliphatic carbocycles. The van der Waals surface area contributed by atoms with Crippen LogP contribution in [0.4, 0.5) is 0 Å². The lowest BCUT2D eigenvalue weighted by atomic mass is 9.91. The second kappa shape index (κ2) is 6.60. The largest absolute Gasteiger partial charge is 0.467 e. The van der Waals surface area contributed by atoms with Gasteiger partial charge in [0.25, 0.3) is 5.91 Å². The van der Waals surface area contributed by atoms with Gasteiger partial charge in [-0.25, -0.2) is 4.79 Å². The van der Waals surface area contributed by atoms with Crippen LogP contribution in [0.2, 0.25) is 0 Å². The van der Waals surface area contributed by atoms with Gasteiger partial charge in [0.05, 0.1) is 12.7 Å². The molecule has 21 heavy (non-hydrogen) atoms. The first kappa shape index (κ1) is 16.0. The fourth-order valence-corrected chi connectivity index (χ4v) is 3.51. The number of nitrogens with zero attached hydrogens (tertiary/aromatic N) is 1. The highest BCUT2D eigenvalue weighted by Gasteiger charge is 2.50. The Morgan fingerprint density at radius 2 is 2.19 bits per heavy atom. The van der Waals surface area contributed by atoms with Crippen LogP contribution >= 0.6 is 22.6 Å².